The zero-order chi connectivity index (χ0) is 59.4. The van der Waals surface area contributed by atoms with Gasteiger partial charge in [0.2, 0.25) is 0 Å². The van der Waals surface area contributed by atoms with Gasteiger partial charge in [0.05, 0.1) is 20.6 Å². The highest BCUT2D eigenvalue weighted by molar-refractivity contribution is 9.10. The van der Waals surface area contributed by atoms with Gasteiger partial charge in [0.15, 0.2) is 11.3 Å². The van der Waals surface area contributed by atoms with Crippen LogP contribution >= 0.6 is 15.9 Å². The van der Waals surface area contributed by atoms with Crippen LogP contribution in [0.15, 0.2) is 161 Å². The molecule has 4 aromatic carbocycles. The fourth-order valence-electron chi connectivity index (χ4n) is 8.64. The highest BCUT2D eigenvalue weighted by Crippen LogP contribution is 2.34. The lowest BCUT2D eigenvalue weighted by Gasteiger charge is -2.36. The number of terminal acetylenes is 1. The van der Waals surface area contributed by atoms with E-state index in [-0.39, 0.29) is 39.9 Å². The number of fused-ring (bicyclic) bond motifs is 2. The van der Waals surface area contributed by atoms with Crippen molar-refractivity contribution in [1.29, 1.82) is 0 Å². The van der Waals surface area contributed by atoms with Gasteiger partial charge in [0.1, 0.15) is 70.5 Å². The van der Waals surface area contributed by atoms with Gasteiger partial charge in [0, 0.05) is 52.4 Å². The molecule has 10 rings (SSSR count). The Balaban J connectivity index is 0.000000189. The zero-order valence-electron chi connectivity index (χ0n) is 46.8. The van der Waals surface area contributed by atoms with Crippen molar-refractivity contribution in [2.45, 2.75) is 62.5 Å². The van der Waals surface area contributed by atoms with Gasteiger partial charge in [-0.2, -0.15) is 0 Å². The largest absolute Gasteiger partial charge is 0.481 e. The van der Waals surface area contributed by atoms with Gasteiger partial charge in [-0.05, 0) is 124 Å². The Bertz CT molecular complexity index is 3860. The molecule has 23 heteroatoms. The number of para-hydroxylation sites is 2. The normalized spacial score (nSPS) is 13.8. The summed E-state index contributed by atoms with van der Waals surface area (Å²) in [5.41, 5.74) is -0.368. The van der Waals surface area contributed by atoms with E-state index in [4.69, 9.17) is 25.4 Å². The van der Waals surface area contributed by atoms with Crippen LogP contribution in [0.1, 0.15) is 47.2 Å². The van der Waals surface area contributed by atoms with Crippen molar-refractivity contribution in [1.82, 2.24) is 37.7 Å². The average Bonchev–Trinajstić information content (AvgIpc) is 4.26. The lowest BCUT2D eigenvalue weighted by Crippen LogP contribution is -2.50. The first-order valence-electron chi connectivity index (χ1n) is 26.4. The second-order valence-corrected chi connectivity index (χ2v) is 25.0. The summed E-state index contributed by atoms with van der Waals surface area (Å²) in [6, 6.07) is 38.5. The molecule has 0 bridgehead atoms. The van der Waals surface area contributed by atoms with Crippen LogP contribution in [0.3, 0.4) is 0 Å². The van der Waals surface area contributed by atoms with Gasteiger partial charge in [-0.15, -0.1) is 6.42 Å². The molecule has 0 unspecified atom stereocenters. The van der Waals surface area contributed by atoms with Gasteiger partial charge in [-0.3, -0.25) is 0 Å². The molecule has 2 aliphatic rings. The fraction of sp³-hybridized carbons (Fsp3) is 0.300. The van der Waals surface area contributed by atoms with E-state index in [0.29, 0.717) is 97.4 Å². The standard InChI is InChI=1S/C30H31N5O5S.C21H24BrN5O4S.C9H8O/c1-30(2,3)40-29(36)34-18-16-33(17-19-34)27-26-21-23(11-10-20-39-24-12-6-4-7-13-24)35(28(26)32-22-31-27)41(37,38)25-14-8-5-9-15-25;1-21(2,3)31-20(28)26-11-9-25(10-12-26)18-16-13-17(22)27(19(16)24-14-23-18)32(29,30)15-7-5-4-6-8-15;1-2-8-10-9-6-4-3-5-7-9/h4-9,12-15,21-22H,16-20H2,1-3H3;4-8,13-14H,9-12H2,1-3H3;1,3-7H,8H2. The molecule has 20 nitrogen and oxygen atoms in total. The van der Waals surface area contributed by atoms with E-state index in [1.54, 1.807) is 70.5 Å². The quantitative estimate of drug-likeness (QED) is 0.117. The zero-order valence-corrected chi connectivity index (χ0v) is 50.0. The maximum atomic E-state index is 13.8. The SMILES string of the molecule is C#CCOc1ccccc1.CC(C)(C)OC(=O)N1CCN(c2ncnc3c2cc(Br)n3S(=O)(=O)c2ccccc2)CC1.CC(C)(C)OC(=O)N1CCN(c2ncnc3c2cc(C#CCOc2ccccc2)n3S(=O)(=O)c2ccccc2)CC1. The smallest absolute Gasteiger partial charge is 0.410 e. The van der Waals surface area contributed by atoms with Crippen LogP contribution in [0.25, 0.3) is 22.1 Å². The predicted octanol–water partition coefficient (Wildman–Crippen LogP) is 9.34. The monoisotopic (exact) mass is 1230 g/mol. The molecule has 0 aliphatic carbocycles. The first-order chi connectivity index (χ1) is 39.6. The minimum absolute atomic E-state index is 0.0715. The molecule has 2 fully saturated rings. The molecular weight excluding hydrogens is 1160 g/mol. The summed E-state index contributed by atoms with van der Waals surface area (Å²) in [5.74, 6) is 11.0. The maximum Gasteiger partial charge on any atom is 0.410 e. The highest BCUT2D eigenvalue weighted by Gasteiger charge is 2.32. The number of hydrogen-bond donors (Lipinski definition) is 0. The van der Waals surface area contributed by atoms with Crippen LogP contribution in [0, 0.1) is 24.2 Å². The number of nitrogens with zero attached hydrogens (tertiary/aromatic N) is 10. The first kappa shape index (κ1) is 60.5. The van der Waals surface area contributed by atoms with Crippen molar-refractivity contribution in [3.05, 3.63) is 156 Å². The molecule has 2 saturated heterocycles. The summed E-state index contributed by atoms with van der Waals surface area (Å²) in [6.45, 7) is 15.3. The molecule has 0 radical (unpaired) electrons. The number of ether oxygens (including phenoxy) is 4. The Morgan fingerprint density at radius 2 is 0.928 bits per heavy atom. The van der Waals surface area contributed by atoms with Crippen molar-refractivity contribution in [2.75, 3.05) is 75.4 Å². The predicted molar refractivity (Wildman–Crippen MR) is 320 cm³/mol. The summed E-state index contributed by atoms with van der Waals surface area (Å²) >= 11 is 3.39. The second-order valence-electron chi connectivity index (χ2n) is 20.6. The number of rotatable bonds is 10. The lowest BCUT2D eigenvalue weighted by molar-refractivity contribution is 0.0230. The summed E-state index contributed by atoms with van der Waals surface area (Å²) in [7, 11) is -7.88. The third-order valence-corrected chi connectivity index (χ3v) is 16.6. The maximum absolute atomic E-state index is 13.8. The number of carbonyl (C=O) groups is 2. The van der Waals surface area contributed by atoms with Crippen molar-refractivity contribution in [2.24, 2.45) is 0 Å². The molecule has 0 N–H and O–H groups in total. The van der Waals surface area contributed by atoms with E-state index >= 15 is 0 Å². The molecule has 8 aromatic rings. The van der Waals surface area contributed by atoms with Crippen molar-refractivity contribution >= 4 is 81.9 Å². The fourth-order valence-corrected chi connectivity index (χ4v) is 12.4. The summed E-state index contributed by atoms with van der Waals surface area (Å²) in [5, 5.41) is 1.16. The van der Waals surface area contributed by atoms with E-state index in [2.05, 4.69) is 53.6 Å². The van der Waals surface area contributed by atoms with Gasteiger partial charge < -0.3 is 38.5 Å². The van der Waals surface area contributed by atoms with E-state index in [9.17, 15) is 26.4 Å². The number of aromatic nitrogens is 6. The molecule has 6 heterocycles. The molecule has 2 amide bonds. The molecule has 2 aliphatic heterocycles. The molecule has 0 spiro atoms. The van der Waals surface area contributed by atoms with Gasteiger partial charge >= 0.3 is 12.2 Å². The van der Waals surface area contributed by atoms with Gasteiger partial charge in [0.25, 0.3) is 20.0 Å². The van der Waals surface area contributed by atoms with Crippen LogP contribution in [-0.4, -0.2) is 143 Å². The van der Waals surface area contributed by atoms with E-state index in [0.717, 1.165) is 9.72 Å². The Hall–Kier alpha value is -8.64. The first-order valence-corrected chi connectivity index (χ1v) is 30.1. The number of anilines is 2. The van der Waals surface area contributed by atoms with Crippen molar-refractivity contribution in [3.8, 4) is 35.7 Å². The van der Waals surface area contributed by atoms with E-state index < -0.39 is 31.2 Å². The van der Waals surface area contributed by atoms with Crippen LogP contribution in [-0.2, 0) is 29.5 Å². The second kappa shape index (κ2) is 26.5. The highest BCUT2D eigenvalue weighted by atomic mass is 79.9. The Labute approximate surface area is 492 Å². The van der Waals surface area contributed by atoms with Crippen LogP contribution in [0.5, 0.6) is 11.5 Å². The third kappa shape index (κ3) is 15.3. The lowest BCUT2D eigenvalue weighted by atomic mass is 10.2. The topological polar surface area (TPSA) is 214 Å². The molecular formula is C60H63BrN10O10S2. The molecule has 83 heavy (non-hydrogen) atoms. The number of benzene rings is 4. The summed E-state index contributed by atoms with van der Waals surface area (Å²) < 4.78 is 78.6. The minimum atomic E-state index is -4.03. The number of halogens is 1. The Morgan fingerprint density at radius 3 is 1.35 bits per heavy atom. The number of piperazine rings is 2. The van der Waals surface area contributed by atoms with Crippen LogP contribution < -0.4 is 19.3 Å². The molecule has 0 atom stereocenters. The van der Waals surface area contributed by atoms with Gasteiger partial charge in [-0.1, -0.05) is 84.6 Å². The van der Waals surface area contributed by atoms with Crippen molar-refractivity contribution in [3.63, 3.8) is 0 Å². The molecule has 4 aromatic heterocycles. The third-order valence-electron chi connectivity index (χ3n) is 12.4. The number of carbonyl (C=O) groups excluding carboxylic acids is 2. The van der Waals surface area contributed by atoms with Crippen LogP contribution in [0.4, 0.5) is 21.2 Å². The minimum Gasteiger partial charge on any atom is -0.481 e. The molecule has 0 saturated carbocycles. The van der Waals surface area contributed by atoms with Crippen LogP contribution in [0.2, 0.25) is 0 Å². The van der Waals surface area contributed by atoms with Crippen molar-refractivity contribution < 1.29 is 45.4 Å². The number of amides is 2. The van der Waals surface area contributed by atoms with E-state index in [1.165, 1.54) is 28.8 Å². The Kier molecular flexibility index (Phi) is 19.3. The average molecular weight is 1230 g/mol. The number of hydrogen-bond acceptors (Lipinski definition) is 16. The summed E-state index contributed by atoms with van der Waals surface area (Å²) in [6.07, 6.45) is 7.01. The van der Waals surface area contributed by atoms with Gasteiger partial charge in [-0.25, -0.2) is 54.3 Å². The van der Waals surface area contributed by atoms with E-state index in [1.807, 2.05) is 112 Å². The Morgan fingerprint density at radius 1 is 0.542 bits per heavy atom. The molecule has 432 valence electrons. The summed E-state index contributed by atoms with van der Waals surface area (Å²) in [4.78, 5) is 50.1.